The molecule has 0 bridgehead atoms. The molecule has 3 heteroatoms. The molecule has 0 spiro atoms. The van der Waals surface area contributed by atoms with Crippen LogP contribution in [0, 0.1) is 5.92 Å². The van der Waals surface area contributed by atoms with E-state index in [-0.39, 0.29) is 17.9 Å². The quantitative estimate of drug-likeness (QED) is 0.900. The van der Waals surface area contributed by atoms with Crippen LogP contribution in [0.5, 0.6) is 0 Å². The zero-order valence-corrected chi connectivity index (χ0v) is 11.4. The fourth-order valence-corrected chi connectivity index (χ4v) is 2.91. The Morgan fingerprint density at radius 1 is 1.15 bits per heavy atom. The molecule has 104 valence electrons. The molecule has 2 atom stereocenters. The van der Waals surface area contributed by atoms with Gasteiger partial charge in [-0.1, -0.05) is 36.8 Å². The van der Waals surface area contributed by atoms with E-state index in [4.69, 9.17) is 0 Å². The van der Waals surface area contributed by atoms with Crippen LogP contribution in [-0.4, -0.2) is 23.7 Å². The number of benzene rings is 2. The van der Waals surface area contributed by atoms with Gasteiger partial charge in [0.25, 0.3) is 5.91 Å². The van der Waals surface area contributed by atoms with Gasteiger partial charge in [-0.15, -0.1) is 0 Å². The predicted octanol–water partition coefficient (Wildman–Crippen LogP) is 2.73. The molecular weight excluding hydrogens is 250 g/mol. The lowest BCUT2D eigenvalue weighted by Gasteiger charge is -2.15. The van der Waals surface area contributed by atoms with Gasteiger partial charge in [0.05, 0.1) is 6.10 Å². The van der Waals surface area contributed by atoms with Crippen LogP contribution in [0.1, 0.15) is 29.6 Å². The predicted molar refractivity (Wildman–Crippen MR) is 79.6 cm³/mol. The van der Waals surface area contributed by atoms with E-state index in [0.29, 0.717) is 12.1 Å². The van der Waals surface area contributed by atoms with Gasteiger partial charge in [-0.05, 0) is 35.7 Å². The summed E-state index contributed by atoms with van der Waals surface area (Å²) in [4.78, 5) is 12.2. The van der Waals surface area contributed by atoms with Gasteiger partial charge in [0.1, 0.15) is 0 Å². The van der Waals surface area contributed by atoms with Crippen LogP contribution < -0.4 is 5.32 Å². The lowest BCUT2D eigenvalue weighted by atomic mass is 10.0. The van der Waals surface area contributed by atoms with Crippen LogP contribution in [0.15, 0.2) is 42.5 Å². The van der Waals surface area contributed by atoms with Crippen LogP contribution >= 0.6 is 0 Å². The number of hydrogen-bond donors (Lipinski definition) is 2. The standard InChI is InChI=1S/C17H19NO2/c19-16-7-3-6-15(16)11-18-17(20)14-9-8-12-4-1-2-5-13(12)10-14/h1-2,4-5,8-10,15-16,19H,3,6-7,11H2,(H,18,20)/t15-,16+/m1/s1. The Labute approximate surface area is 118 Å². The smallest absolute Gasteiger partial charge is 0.251 e. The van der Waals surface area contributed by atoms with E-state index in [1.165, 1.54) is 0 Å². The third-order valence-corrected chi connectivity index (χ3v) is 4.16. The van der Waals surface area contributed by atoms with Crippen molar-refractivity contribution in [1.29, 1.82) is 0 Å². The molecular formula is C17H19NO2. The van der Waals surface area contributed by atoms with E-state index in [0.717, 1.165) is 30.0 Å². The van der Waals surface area contributed by atoms with E-state index < -0.39 is 0 Å². The van der Waals surface area contributed by atoms with Gasteiger partial charge in [-0.2, -0.15) is 0 Å². The van der Waals surface area contributed by atoms with E-state index >= 15 is 0 Å². The number of amides is 1. The Bertz CT molecular complexity index is 623. The molecule has 0 radical (unpaired) electrons. The Hall–Kier alpha value is -1.87. The first-order valence-electron chi connectivity index (χ1n) is 7.19. The van der Waals surface area contributed by atoms with Gasteiger partial charge in [-0.3, -0.25) is 4.79 Å². The summed E-state index contributed by atoms with van der Waals surface area (Å²) in [5, 5.41) is 14.9. The molecule has 1 aliphatic carbocycles. The minimum atomic E-state index is -0.257. The molecule has 1 amide bonds. The summed E-state index contributed by atoms with van der Waals surface area (Å²) in [5.41, 5.74) is 0.677. The fraction of sp³-hybridized carbons (Fsp3) is 0.353. The number of aliphatic hydroxyl groups is 1. The number of nitrogens with one attached hydrogen (secondary N) is 1. The molecule has 2 aromatic rings. The number of hydrogen-bond acceptors (Lipinski definition) is 2. The summed E-state index contributed by atoms with van der Waals surface area (Å²) < 4.78 is 0. The van der Waals surface area contributed by atoms with Crippen molar-refractivity contribution in [2.75, 3.05) is 6.54 Å². The Morgan fingerprint density at radius 3 is 2.70 bits per heavy atom. The van der Waals surface area contributed by atoms with Crippen molar-refractivity contribution in [2.24, 2.45) is 5.92 Å². The van der Waals surface area contributed by atoms with Crippen molar-refractivity contribution >= 4 is 16.7 Å². The molecule has 20 heavy (non-hydrogen) atoms. The Kier molecular flexibility index (Phi) is 3.70. The monoisotopic (exact) mass is 269 g/mol. The summed E-state index contributed by atoms with van der Waals surface area (Å²) in [5.74, 6) is 0.147. The van der Waals surface area contributed by atoms with E-state index in [2.05, 4.69) is 5.32 Å². The molecule has 0 aromatic heterocycles. The average Bonchev–Trinajstić information content (AvgIpc) is 2.89. The SMILES string of the molecule is O=C(NC[C@H]1CCC[C@@H]1O)c1ccc2ccccc2c1. The highest BCUT2D eigenvalue weighted by atomic mass is 16.3. The first-order chi connectivity index (χ1) is 9.74. The summed E-state index contributed by atoms with van der Waals surface area (Å²) >= 11 is 0. The van der Waals surface area contributed by atoms with Gasteiger partial charge < -0.3 is 10.4 Å². The Balaban J connectivity index is 1.69. The first kappa shape index (κ1) is 13.1. The molecule has 0 aliphatic heterocycles. The highest BCUT2D eigenvalue weighted by molar-refractivity contribution is 5.98. The fourth-order valence-electron chi connectivity index (χ4n) is 2.91. The topological polar surface area (TPSA) is 49.3 Å². The number of aliphatic hydroxyl groups excluding tert-OH is 1. The highest BCUT2D eigenvalue weighted by Gasteiger charge is 2.25. The van der Waals surface area contributed by atoms with Gasteiger partial charge in [0.2, 0.25) is 0 Å². The third kappa shape index (κ3) is 2.68. The normalized spacial score (nSPS) is 22.1. The number of fused-ring (bicyclic) bond motifs is 1. The molecule has 0 heterocycles. The molecule has 2 N–H and O–H groups in total. The van der Waals surface area contributed by atoms with Gasteiger partial charge in [-0.25, -0.2) is 0 Å². The largest absolute Gasteiger partial charge is 0.393 e. The van der Waals surface area contributed by atoms with Crippen LogP contribution in [0.3, 0.4) is 0 Å². The maximum absolute atomic E-state index is 12.2. The van der Waals surface area contributed by atoms with Crippen molar-refractivity contribution < 1.29 is 9.90 Å². The lowest BCUT2D eigenvalue weighted by molar-refractivity contribution is 0.0917. The second kappa shape index (κ2) is 5.63. The van der Waals surface area contributed by atoms with E-state index in [9.17, 15) is 9.90 Å². The second-order valence-electron chi connectivity index (χ2n) is 5.53. The van der Waals surface area contributed by atoms with E-state index in [1.54, 1.807) is 0 Å². The Morgan fingerprint density at radius 2 is 1.95 bits per heavy atom. The molecule has 1 fully saturated rings. The maximum atomic E-state index is 12.2. The molecule has 2 aromatic carbocycles. The summed E-state index contributed by atoms with van der Waals surface area (Å²) in [6, 6.07) is 13.7. The number of rotatable bonds is 3. The molecule has 0 unspecified atom stereocenters. The first-order valence-corrected chi connectivity index (χ1v) is 7.19. The number of carbonyl (C=O) groups is 1. The van der Waals surface area contributed by atoms with Gasteiger partial charge in [0.15, 0.2) is 0 Å². The third-order valence-electron chi connectivity index (χ3n) is 4.16. The molecule has 3 rings (SSSR count). The highest BCUT2D eigenvalue weighted by Crippen LogP contribution is 2.24. The zero-order valence-electron chi connectivity index (χ0n) is 11.4. The van der Waals surface area contributed by atoms with Crippen LogP contribution in [0.2, 0.25) is 0 Å². The number of carbonyl (C=O) groups excluding carboxylic acids is 1. The molecule has 0 saturated heterocycles. The zero-order chi connectivity index (χ0) is 13.9. The lowest BCUT2D eigenvalue weighted by Crippen LogP contribution is -2.32. The summed E-state index contributed by atoms with van der Waals surface area (Å²) in [7, 11) is 0. The van der Waals surface area contributed by atoms with E-state index in [1.807, 2.05) is 42.5 Å². The van der Waals surface area contributed by atoms with Crippen LogP contribution in [-0.2, 0) is 0 Å². The average molecular weight is 269 g/mol. The van der Waals surface area contributed by atoms with Crippen LogP contribution in [0.25, 0.3) is 10.8 Å². The van der Waals surface area contributed by atoms with Crippen molar-refractivity contribution in [1.82, 2.24) is 5.32 Å². The molecule has 1 saturated carbocycles. The second-order valence-corrected chi connectivity index (χ2v) is 5.53. The minimum absolute atomic E-state index is 0.0603. The van der Waals surface area contributed by atoms with Crippen LogP contribution in [0.4, 0.5) is 0 Å². The van der Waals surface area contributed by atoms with Gasteiger partial charge >= 0.3 is 0 Å². The van der Waals surface area contributed by atoms with Crippen molar-refractivity contribution in [2.45, 2.75) is 25.4 Å². The summed E-state index contributed by atoms with van der Waals surface area (Å²) in [6.45, 7) is 0.562. The van der Waals surface area contributed by atoms with Gasteiger partial charge in [0, 0.05) is 18.0 Å². The van der Waals surface area contributed by atoms with Crippen molar-refractivity contribution in [3.05, 3.63) is 48.0 Å². The van der Waals surface area contributed by atoms with Crippen molar-refractivity contribution in [3.8, 4) is 0 Å². The summed E-state index contributed by atoms with van der Waals surface area (Å²) in [6.07, 6.45) is 2.65. The minimum Gasteiger partial charge on any atom is -0.393 e. The maximum Gasteiger partial charge on any atom is 0.251 e. The molecule has 1 aliphatic rings. The molecule has 3 nitrogen and oxygen atoms in total. The van der Waals surface area contributed by atoms with Crippen molar-refractivity contribution in [3.63, 3.8) is 0 Å².